The van der Waals surface area contributed by atoms with Gasteiger partial charge in [0.2, 0.25) is 0 Å². The molecule has 7 heteroatoms. The average molecular weight is 369 g/mol. The molecule has 0 atom stereocenters. The molecule has 1 aromatic carbocycles. The number of nitrogens with zero attached hydrogens (tertiary/aromatic N) is 5. The molecule has 0 spiro atoms. The first kappa shape index (κ1) is 18.1. The van der Waals surface area contributed by atoms with Gasteiger partial charge in [-0.3, -0.25) is 9.67 Å². The lowest BCUT2D eigenvalue weighted by atomic mass is 10.2. The maximum absolute atomic E-state index is 4.51. The summed E-state index contributed by atoms with van der Waals surface area (Å²) in [7, 11) is 3.81. The van der Waals surface area contributed by atoms with E-state index in [0.717, 1.165) is 35.3 Å². The fraction of sp³-hybridized carbons (Fsp3) is 0.316. The summed E-state index contributed by atoms with van der Waals surface area (Å²) in [5.74, 6) is 0.839. The lowest BCUT2D eigenvalue weighted by Gasteiger charge is -2.20. The Morgan fingerprint density at radius 1 is 1.27 bits per heavy atom. The van der Waals surface area contributed by atoms with E-state index < -0.39 is 0 Å². The van der Waals surface area contributed by atoms with Crippen LogP contribution < -0.4 is 5.32 Å². The third-order valence-corrected chi connectivity index (χ3v) is 4.79. The second kappa shape index (κ2) is 8.62. The zero-order valence-corrected chi connectivity index (χ0v) is 16.2. The monoisotopic (exact) mass is 368 g/mol. The van der Waals surface area contributed by atoms with Crippen LogP contribution in [0.4, 0.5) is 0 Å². The van der Waals surface area contributed by atoms with Crippen LogP contribution in [0, 0.1) is 6.92 Å². The third-order valence-electron chi connectivity index (χ3n) is 3.96. The van der Waals surface area contributed by atoms with Crippen LogP contribution >= 0.6 is 11.3 Å². The summed E-state index contributed by atoms with van der Waals surface area (Å²) in [4.78, 5) is 10.9. The van der Waals surface area contributed by atoms with Crippen molar-refractivity contribution in [3.8, 4) is 0 Å². The molecule has 0 bridgehead atoms. The summed E-state index contributed by atoms with van der Waals surface area (Å²) in [5, 5.41) is 11.0. The van der Waals surface area contributed by atoms with E-state index >= 15 is 0 Å². The number of thiazole rings is 1. The Labute approximate surface area is 158 Å². The van der Waals surface area contributed by atoms with Crippen molar-refractivity contribution < 1.29 is 0 Å². The van der Waals surface area contributed by atoms with Crippen molar-refractivity contribution in [2.75, 3.05) is 14.1 Å². The summed E-state index contributed by atoms with van der Waals surface area (Å²) in [6.07, 6.45) is 3.96. The number of nitrogens with one attached hydrogen (secondary N) is 1. The van der Waals surface area contributed by atoms with Gasteiger partial charge in [-0.05, 0) is 12.5 Å². The van der Waals surface area contributed by atoms with Gasteiger partial charge in [-0.25, -0.2) is 4.98 Å². The minimum Gasteiger partial charge on any atom is -0.352 e. The largest absolute Gasteiger partial charge is 0.352 e. The number of benzene rings is 1. The molecule has 2 heterocycles. The van der Waals surface area contributed by atoms with Gasteiger partial charge < -0.3 is 10.2 Å². The number of aryl methyl sites for hydroxylation is 1. The number of aromatic nitrogens is 3. The molecule has 6 nitrogen and oxygen atoms in total. The Morgan fingerprint density at radius 3 is 2.77 bits per heavy atom. The fourth-order valence-electron chi connectivity index (χ4n) is 2.72. The molecule has 0 aliphatic heterocycles. The van der Waals surface area contributed by atoms with E-state index in [1.54, 1.807) is 18.4 Å². The lowest BCUT2D eigenvalue weighted by molar-refractivity contribution is 0.470. The van der Waals surface area contributed by atoms with Crippen LogP contribution in [0.3, 0.4) is 0 Å². The van der Waals surface area contributed by atoms with Crippen LogP contribution in [0.25, 0.3) is 0 Å². The zero-order chi connectivity index (χ0) is 18.4. The van der Waals surface area contributed by atoms with Gasteiger partial charge in [0.15, 0.2) is 5.96 Å². The molecule has 3 aromatic rings. The molecule has 136 valence electrons. The molecule has 0 aliphatic rings. The highest BCUT2D eigenvalue weighted by molar-refractivity contribution is 7.09. The Morgan fingerprint density at radius 2 is 2.08 bits per heavy atom. The Hall–Kier alpha value is -2.67. The Balaban J connectivity index is 1.53. The lowest BCUT2D eigenvalue weighted by Crippen LogP contribution is -2.38. The third kappa shape index (κ3) is 4.92. The molecular weight excluding hydrogens is 344 g/mol. The van der Waals surface area contributed by atoms with E-state index in [4.69, 9.17) is 0 Å². The van der Waals surface area contributed by atoms with Crippen molar-refractivity contribution >= 4 is 17.3 Å². The van der Waals surface area contributed by atoms with Gasteiger partial charge in [0.05, 0.1) is 30.0 Å². The molecule has 0 aliphatic carbocycles. The van der Waals surface area contributed by atoms with Crippen molar-refractivity contribution in [3.05, 3.63) is 69.9 Å². The van der Waals surface area contributed by atoms with Gasteiger partial charge in [0, 0.05) is 37.8 Å². The maximum atomic E-state index is 4.51. The van der Waals surface area contributed by atoms with Crippen molar-refractivity contribution in [2.45, 2.75) is 26.6 Å². The summed E-state index contributed by atoms with van der Waals surface area (Å²) in [6.45, 7) is 4.21. The first-order valence-corrected chi connectivity index (χ1v) is 9.40. The molecule has 3 rings (SSSR count). The normalized spacial score (nSPS) is 11.6. The van der Waals surface area contributed by atoms with Crippen LogP contribution in [0.2, 0.25) is 0 Å². The van der Waals surface area contributed by atoms with Crippen LogP contribution in [-0.4, -0.2) is 39.7 Å². The summed E-state index contributed by atoms with van der Waals surface area (Å²) in [5.41, 5.74) is 3.43. The maximum Gasteiger partial charge on any atom is 0.194 e. The highest BCUT2D eigenvalue weighted by Crippen LogP contribution is 2.10. The molecule has 0 fully saturated rings. The standard InChI is InChI=1S/C19H24N6S/c1-15-23-18(14-26-15)13-24(3)19(20-2)21-9-17-10-22-25(12-17)11-16-7-5-4-6-8-16/h4-8,10,12,14H,9,11,13H2,1-3H3,(H,20,21). The van der Waals surface area contributed by atoms with E-state index in [2.05, 4.69) is 49.0 Å². The number of rotatable bonds is 6. The molecule has 2 aromatic heterocycles. The Kier molecular flexibility index (Phi) is 6.01. The first-order valence-electron chi connectivity index (χ1n) is 8.52. The second-order valence-electron chi connectivity index (χ2n) is 6.15. The number of hydrogen-bond acceptors (Lipinski definition) is 4. The van der Waals surface area contributed by atoms with E-state index in [1.807, 2.05) is 43.0 Å². The smallest absolute Gasteiger partial charge is 0.194 e. The van der Waals surface area contributed by atoms with E-state index in [-0.39, 0.29) is 0 Å². The number of aliphatic imine (C=N–C) groups is 1. The minimum absolute atomic E-state index is 0.682. The van der Waals surface area contributed by atoms with E-state index in [1.165, 1.54) is 5.56 Å². The first-order chi connectivity index (χ1) is 12.6. The van der Waals surface area contributed by atoms with Crippen LogP contribution in [-0.2, 0) is 19.6 Å². The summed E-state index contributed by atoms with van der Waals surface area (Å²) >= 11 is 1.67. The van der Waals surface area contributed by atoms with Crippen molar-refractivity contribution in [2.24, 2.45) is 4.99 Å². The van der Waals surface area contributed by atoms with Crippen molar-refractivity contribution in [3.63, 3.8) is 0 Å². The molecule has 26 heavy (non-hydrogen) atoms. The molecular formula is C19H24N6S. The van der Waals surface area contributed by atoms with Crippen molar-refractivity contribution in [1.29, 1.82) is 0 Å². The molecule has 0 radical (unpaired) electrons. The topological polar surface area (TPSA) is 58.3 Å². The number of hydrogen-bond donors (Lipinski definition) is 1. The Bertz CT molecular complexity index is 852. The quantitative estimate of drug-likeness (QED) is 0.537. The highest BCUT2D eigenvalue weighted by atomic mass is 32.1. The van der Waals surface area contributed by atoms with E-state index in [9.17, 15) is 0 Å². The van der Waals surface area contributed by atoms with Gasteiger partial charge in [0.1, 0.15) is 0 Å². The van der Waals surface area contributed by atoms with Crippen LogP contribution in [0.5, 0.6) is 0 Å². The summed E-state index contributed by atoms with van der Waals surface area (Å²) < 4.78 is 1.96. The van der Waals surface area contributed by atoms with Gasteiger partial charge in [0.25, 0.3) is 0 Å². The van der Waals surface area contributed by atoms with Gasteiger partial charge in [-0.1, -0.05) is 30.3 Å². The SMILES string of the molecule is CN=C(NCc1cnn(Cc2ccccc2)c1)N(C)Cc1csc(C)n1. The zero-order valence-electron chi connectivity index (χ0n) is 15.4. The molecule has 1 N–H and O–H groups in total. The minimum atomic E-state index is 0.682. The fourth-order valence-corrected chi connectivity index (χ4v) is 3.32. The predicted molar refractivity (Wildman–Crippen MR) is 106 cm³/mol. The van der Waals surface area contributed by atoms with E-state index in [0.29, 0.717) is 6.54 Å². The highest BCUT2D eigenvalue weighted by Gasteiger charge is 2.09. The molecule has 0 unspecified atom stereocenters. The van der Waals surface area contributed by atoms with Crippen LogP contribution in [0.15, 0.2) is 53.1 Å². The average Bonchev–Trinajstić information content (AvgIpc) is 3.25. The molecule has 0 amide bonds. The second-order valence-corrected chi connectivity index (χ2v) is 7.21. The van der Waals surface area contributed by atoms with Crippen LogP contribution in [0.1, 0.15) is 21.8 Å². The molecule has 0 saturated heterocycles. The predicted octanol–water partition coefficient (Wildman–Crippen LogP) is 2.90. The summed E-state index contributed by atoms with van der Waals surface area (Å²) in [6, 6.07) is 10.3. The van der Waals surface area contributed by atoms with Crippen molar-refractivity contribution in [1.82, 2.24) is 25.0 Å². The van der Waals surface area contributed by atoms with Gasteiger partial charge in [-0.2, -0.15) is 5.10 Å². The van der Waals surface area contributed by atoms with Gasteiger partial charge in [-0.15, -0.1) is 11.3 Å². The number of guanidine groups is 1. The molecule has 0 saturated carbocycles. The van der Waals surface area contributed by atoms with Gasteiger partial charge >= 0.3 is 0 Å².